The zero-order valence-electron chi connectivity index (χ0n) is 11.4. The van der Waals surface area contributed by atoms with Gasteiger partial charge >= 0.3 is 5.97 Å². The molecule has 0 saturated carbocycles. The second-order valence-electron chi connectivity index (χ2n) is 4.48. The summed E-state index contributed by atoms with van der Waals surface area (Å²) in [6.45, 7) is 2.14. The average molecular weight is 264 g/mol. The van der Waals surface area contributed by atoms with E-state index in [0.29, 0.717) is 13.2 Å². The van der Waals surface area contributed by atoms with Crippen LogP contribution in [0, 0.1) is 0 Å². The minimum Gasteiger partial charge on any atom is -0.491 e. The topological polar surface area (TPSA) is 50.8 Å². The molecule has 5 nitrogen and oxygen atoms in total. The number of fused-ring (bicyclic) bond motifs is 1. The Hall–Kier alpha value is -1.75. The Kier molecular flexibility index (Phi) is 4.63. The van der Waals surface area contributed by atoms with Crippen LogP contribution < -0.4 is 15.0 Å². The van der Waals surface area contributed by atoms with E-state index >= 15 is 0 Å². The average Bonchev–Trinajstić information content (AvgIpc) is 2.66. The van der Waals surface area contributed by atoms with Crippen LogP contribution in [0.2, 0.25) is 0 Å². The van der Waals surface area contributed by atoms with Crippen LogP contribution in [-0.2, 0) is 9.53 Å². The van der Waals surface area contributed by atoms with Gasteiger partial charge in [0.1, 0.15) is 11.8 Å². The Morgan fingerprint density at radius 2 is 2.32 bits per heavy atom. The molecule has 1 heterocycles. The minimum absolute atomic E-state index is 0.245. The number of rotatable bonds is 4. The number of likely N-dealkylation sites (N-methyl/N-ethyl adjacent to an activating group) is 1. The molecule has 5 heteroatoms. The first-order chi connectivity index (χ1) is 9.26. The van der Waals surface area contributed by atoms with Gasteiger partial charge in [-0.05, 0) is 25.6 Å². The third kappa shape index (κ3) is 3.17. The predicted octanol–water partition coefficient (Wildman–Crippen LogP) is 1.04. The normalized spacial score (nSPS) is 16.0. The molecule has 1 aromatic carbocycles. The van der Waals surface area contributed by atoms with Crippen molar-refractivity contribution in [2.75, 3.05) is 38.8 Å². The van der Waals surface area contributed by atoms with Gasteiger partial charge in [0.15, 0.2) is 0 Å². The maximum atomic E-state index is 11.7. The van der Waals surface area contributed by atoms with E-state index in [2.05, 4.69) is 10.2 Å². The lowest BCUT2D eigenvalue weighted by atomic mass is 10.2. The summed E-state index contributed by atoms with van der Waals surface area (Å²) in [5.74, 6) is 0.630. The number of anilines is 1. The predicted molar refractivity (Wildman–Crippen MR) is 73.6 cm³/mol. The third-order valence-corrected chi connectivity index (χ3v) is 3.27. The molecule has 0 amide bonds. The number of methoxy groups -OCH3 is 1. The maximum absolute atomic E-state index is 11.7. The van der Waals surface area contributed by atoms with Crippen molar-refractivity contribution in [3.8, 4) is 5.75 Å². The molecule has 1 aliphatic rings. The van der Waals surface area contributed by atoms with Gasteiger partial charge in [-0.3, -0.25) is 4.79 Å². The third-order valence-electron chi connectivity index (χ3n) is 3.27. The minimum atomic E-state index is -0.337. The molecule has 1 aromatic rings. The highest BCUT2D eigenvalue weighted by Gasteiger charge is 2.23. The molecule has 1 unspecified atom stereocenters. The van der Waals surface area contributed by atoms with Crippen molar-refractivity contribution in [2.45, 2.75) is 12.5 Å². The summed E-state index contributed by atoms with van der Waals surface area (Å²) in [6.07, 6.45) is 0.937. The van der Waals surface area contributed by atoms with Crippen LogP contribution in [0.4, 0.5) is 5.69 Å². The highest BCUT2D eigenvalue weighted by atomic mass is 16.5. The Morgan fingerprint density at radius 3 is 3.05 bits per heavy atom. The van der Waals surface area contributed by atoms with Crippen LogP contribution in [0.3, 0.4) is 0 Å². The lowest BCUT2D eigenvalue weighted by Crippen LogP contribution is -2.45. The van der Waals surface area contributed by atoms with E-state index in [1.54, 1.807) is 7.05 Å². The number of hydrogen-bond donors (Lipinski definition) is 1. The van der Waals surface area contributed by atoms with E-state index in [-0.39, 0.29) is 12.0 Å². The molecule has 0 bridgehead atoms. The lowest BCUT2D eigenvalue weighted by molar-refractivity contribution is -0.142. The van der Waals surface area contributed by atoms with E-state index in [1.807, 2.05) is 24.3 Å². The van der Waals surface area contributed by atoms with Crippen molar-refractivity contribution in [1.82, 2.24) is 5.32 Å². The first-order valence-corrected chi connectivity index (χ1v) is 6.48. The van der Waals surface area contributed by atoms with Gasteiger partial charge in [0.25, 0.3) is 0 Å². The zero-order chi connectivity index (χ0) is 13.7. The van der Waals surface area contributed by atoms with Gasteiger partial charge < -0.3 is 19.7 Å². The molecular weight excluding hydrogens is 244 g/mol. The summed E-state index contributed by atoms with van der Waals surface area (Å²) in [7, 11) is 3.17. The summed E-state index contributed by atoms with van der Waals surface area (Å²) < 4.78 is 10.5. The molecule has 19 heavy (non-hydrogen) atoms. The fourth-order valence-corrected chi connectivity index (χ4v) is 2.23. The van der Waals surface area contributed by atoms with Gasteiger partial charge in [-0.2, -0.15) is 0 Å². The zero-order valence-corrected chi connectivity index (χ0v) is 11.4. The molecule has 0 aromatic heterocycles. The van der Waals surface area contributed by atoms with Gasteiger partial charge in [0.2, 0.25) is 0 Å². The summed E-state index contributed by atoms with van der Waals surface area (Å²) in [4.78, 5) is 13.8. The van der Waals surface area contributed by atoms with Crippen molar-refractivity contribution in [3.05, 3.63) is 24.3 Å². The number of carbonyl (C=O) groups excluding carboxylic acids is 1. The molecule has 1 N–H and O–H groups in total. The fourth-order valence-electron chi connectivity index (χ4n) is 2.23. The molecule has 104 valence electrons. The summed E-state index contributed by atoms with van der Waals surface area (Å²) in [5, 5.41) is 2.99. The monoisotopic (exact) mass is 264 g/mol. The molecule has 0 fully saturated rings. The molecule has 1 atom stereocenters. The standard InChI is InChI=1S/C14H20N2O3/c1-15-11(14(17)18-2)10-16-8-5-9-19-13-7-4-3-6-12(13)16/h3-4,6-7,11,15H,5,8-10H2,1-2H3. The van der Waals surface area contributed by atoms with E-state index < -0.39 is 0 Å². The molecular formula is C14H20N2O3. The lowest BCUT2D eigenvalue weighted by Gasteiger charge is -2.27. The summed E-state index contributed by atoms with van der Waals surface area (Å²) in [5.41, 5.74) is 1.03. The molecule has 2 rings (SSSR count). The molecule has 0 radical (unpaired) electrons. The first-order valence-electron chi connectivity index (χ1n) is 6.48. The molecule has 0 saturated heterocycles. The van der Waals surface area contributed by atoms with Crippen LogP contribution in [0.15, 0.2) is 24.3 Å². The molecule has 1 aliphatic heterocycles. The number of carbonyl (C=O) groups is 1. The SMILES string of the molecule is CNC(CN1CCCOc2ccccc21)C(=O)OC. The van der Waals surface area contributed by atoms with Gasteiger partial charge in [0.05, 0.1) is 19.4 Å². The van der Waals surface area contributed by atoms with E-state index in [0.717, 1.165) is 24.4 Å². The van der Waals surface area contributed by atoms with Crippen molar-refractivity contribution in [2.24, 2.45) is 0 Å². The molecule has 0 spiro atoms. The Bertz CT molecular complexity index is 436. The van der Waals surface area contributed by atoms with Crippen LogP contribution in [0.1, 0.15) is 6.42 Å². The summed E-state index contributed by atoms with van der Waals surface area (Å²) >= 11 is 0. The highest BCUT2D eigenvalue weighted by Crippen LogP contribution is 2.30. The van der Waals surface area contributed by atoms with Crippen molar-refractivity contribution < 1.29 is 14.3 Å². The largest absolute Gasteiger partial charge is 0.491 e. The second-order valence-corrected chi connectivity index (χ2v) is 4.48. The van der Waals surface area contributed by atoms with Crippen LogP contribution in [0.5, 0.6) is 5.75 Å². The van der Waals surface area contributed by atoms with Crippen LogP contribution in [0.25, 0.3) is 0 Å². The number of esters is 1. The first kappa shape index (κ1) is 13.7. The Morgan fingerprint density at radius 1 is 1.53 bits per heavy atom. The molecule has 0 aliphatic carbocycles. The van der Waals surface area contributed by atoms with Gasteiger partial charge in [-0.1, -0.05) is 12.1 Å². The quantitative estimate of drug-likeness (QED) is 0.823. The van der Waals surface area contributed by atoms with Gasteiger partial charge in [0, 0.05) is 13.1 Å². The number of para-hydroxylation sites is 2. The number of nitrogens with zero attached hydrogens (tertiary/aromatic N) is 1. The van der Waals surface area contributed by atoms with Gasteiger partial charge in [-0.25, -0.2) is 0 Å². The van der Waals surface area contributed by atoms with E-state index in [1.165, 1.54) is 7.11 Å². The smallest absolute Gasteiger partial charge is 0.324 e. The Balaban J connectivity index is 2.17. The van der Waals surface area contributed by atoms with Crippen molar-refractivity contribution in [1.29, 1.82) is 0 Å². The second kappa shape index (κ2) is 6.43. The van der Waals surface area contributed by atoms with E-state index in [4.69, 9.17) is 9.47 Å². The van der Waals surface area contributed by atoms with Crippen molar-refractivity contribution >= 4 is 11.7 Å². The van der Waals surface area contributed by atoms with E-state index in [9.17, 15) is 4.79 Å². The number of ether oxygens (including phenoxy) is 2. The van der Waals surface area contributed by atoms with Crippen molar-refractivity contribution in [3.63, 3.8) is 0 Å². The fraction of sp³-hybridized carbons (Fsp3) is 0.500. The van der Waals surface area contributed by atoms with Crippen LogP contribution in [-0.4, -0.2) is 45.9 Å². The van der Waals surface area contributed by atoms with Gasteiger partial charge in [-0.15, -0.1) is 0 Å². The Labute approximate surface area is 113 Å². The number of benzene rings is 1. The highest BCUT2D eigenvalue weighted by molar-refractivity contribution is 5.77. The number of nitrogens with one attached hydrogen (secondary N) is 1. The summed E-state index contributed by atoms with van der Waals surface area (Å²) in [6, 6.07) is 7.58. The maximum Gasteiger partial charge on any atom is 0.324 e. The number of hydrogen-bond acceptors (Lipinski definition) is 5. The van der Waals surface area contributed by atoms with Crippen LogP contribution >= 0.6 is 0 Å².